The summed E-state index contributed by atoms with van der Waals surface area (Å²) in [5, 5.41) is 1.19. The minimum atomic E-state index is -0.186. The van der Waals surface area contributed by atoms with E-state index >= 15 is 0 Å². The van der Waals surface area contributed by atoms with E-state index < -0.39 is 0 Å². The number of rotatable bonds is 3. The summed E-state index contributed by atoms with van der Waals surface area (Å²) in [4.78, 5) is 0. The van der Waals surface area contributed by atoms with Crippen LogP contribution < -0.4 is 5.73 Å². The molecule has 0 radical (unpaired) electrons. The van der Waals surface area contributed by atoms with Crippen molar-refractivity contribution in [2.75, 3.05) is 0 Å². The van der Waals surface area contributed by atoms with Crippen LogP contribution in [0.4, 0.5) is 4.39 Å². The summed E-state index contributed by atoms with van der Waals surface area (Å²) in [6, 6.07) is 13.2. The van der Waals surface area contributed by atoms with Crippen LogP contribution in [-0.4, -0.2) is 4.57 Å². The Morgan fingerprint density at radius 1 is 1.10 bits per heavy atom. The summed E-state index contributed by atoms with van der Waals surface area (Å²) in [6.07, 6.45) is 2.06. The zero-order chi connectivity index (χ0) is 14.1. The standard InChI is InChI=1S/C17H17FN2/c1-12-9-15(18)6-5-14(12)11-20-8-7-16-13(10-19)3-2-4-17(16)20/h2-9H,10-11,19H2,1H3. The van der Waals surface area contributed by atoms with E-state index in [2.05, 4.69) is 29.0 Å². The van der Waals surface area contributed by atoms with Gasteiger partial charge in [0.2, 0.25) is 0 Å². The topological polar surface area (TPSA) is 30.9 Å². The predicted octanol–water partition coefficient (Wildman–Crippen LogP) is 3.60. The largest absolute Gasteiger partial charge is 0.343 e. The zero-order valence-corrected chi connectivity index (χ0v) is 11.4. The van der Waals surface area contributed by atoms with Crippen molar-refractivity contribution in [2.45, 2.75) is 20.0 Å². The van der Waals surface area contributed by atoms with Gasteiger partial charge in [-0.25, -0.2) is 4.39 Å². The number of fused-ring (bicyclic) bond motifs is 1. The lowest BCUT2D eigenvalue weighted by atomic mass is 10.1. The number of hydrogen-bond donors (Lipinski definition) is 1. The number of aromatic nitrogens is 1. The molecule has 0 bridgehead atoms. The van der Waals surface area contributed by atoms with E-state index in [1.165, 1.54) is 11.5 Å². The third-order valence-corrected chi connectivity index (χ3v) is 3.77. The molecule has 1 aromatic heterocycles. The van der Waals surface area contributed by atoms with Crippen LogP contribution in [-0.2, 0) is 13.1 Å². The molecule has 0 amide bonds. The molecule has 0 aliphatic rings. The molecule has 20 heavy (non-hydrogen) atoms. The number of benzene rings is 2. The number of hydrogen-bond acceptors (Lipinski definition) is 1. The summed E-state index contributed by atoms with van der Waals surface area (Å²) in [7, 11) is 0. The zero-order valence-electron chi connectivity index (χ0n) is 11.4. The molecule has 0 atom stereocenters. The van der Waals surface area contributed by atoms with Gasteiger partial charge in [0.25, 0.3) is 0 Å². The van der Waals surface area contributed by atoms with Crippen LogP contribution in [0.25, 0.3) is 10.9 Å². The number of nitrogens with two attached hydrogens (primary N) is 1. The van der Waals surface area contributed by atoms with E-state index in [0.717, 1.165) is 28.8 Å². The van der Waals surface area contributed by atoms with Crippen molar-refractivity contribution in [2.24, 2.45) is 5.73 Å². The molecule has 2 aromatic carbocycles. The summed E-state index contributed by atoms with van der Waals surface area (Å²) >= 11 is 0. The van der Waals surface area contributed by atoms with Crippen LogP contribution in [0.3, 0.4) is 0 Å². The minimum absolute atomic E-state index is 0.186. The Labute approximate surface area is 117 Å². The molecule has 0 unspecified atom stereocenters. The Bertz CT molecular complexity index is 759. The van der Waals surface area contributed by atoms with Crippen LogP contribution in [0, 0.1) is 12.7 Å². The molecule has 3 aromatic rings. The van der Waals surface area contributed by atoms with Crippen molar-refractivity contribution in [3.05, 3.63) is 71.2 Å². The lowest BCUT2D eigenvalue weighted by Crippen LogP contribution is -2.01. The molecule has 3 rings (SSSR count). The second-order valence-corrected chi connectivity index (χ2v) is 5.07. The van der Waals surface area contributed by atoms with E-state index in [1.54, 1.807) is 6.07 Å². The molecule has 102 valence electrons. The Morgan fingerprint density at radius 3 is 2.70 bits per heavy atom. The average Bonchev–Trinajstić information content (AvgIpc) is 2.85. The molecule has 0 saturated heterocycles. The fraction of sp³-hybridized carbons (Fsp3) is 0.176. The minimum Gasteiger partial charge on any atom is -0.343 e. The van der Waals surface area contributed by atoms with Crippen LogP contribution in [0.15, 0.2) is 48.7 Å². The monoisotopic (exact) mass is 268 g/mol. The van der Waals surface area contributed by atoms with Gasteiger partial charge in [-0.1, -0.05) is 18.2 Å². The summed E-state index contributed by atoms with van der Waals surface area (Å²) in [6.45, 7) is 3.22. The van der Waals surface area contributed by atoms with E-state index in [4.69, 9.17) is 5.73 Å². The Hall–Kier alpha value is -2.13. The van der Waals surface area contributed by atoms with Crippen LogP contribution >= 0.6 is 0 Å². The maximum Gasteiger partial charge on any atom is 0.123 e. The smallest absolute Gasteiger partial charge is 0.123 e. The molecule has 2 N–H and O–H groups in total. The second kappa shape index (κ2) is 5.10. The number of halogens is 1. The number of nitrogens with zero attached hydrogens (tertiary/aromatic N) is 1. The van der Waals surface area contributed by atoms with Crippen molar-refractivity contribution < 1.29 is 4.39 Å². The molecule has 0 aliphatic heterocycles. The van der Waals surface area contributed by atoms with Crippen LogP contribution in [0.5, 0.6) is 0 Å². The van der Waals surface area contributed by atoms with Crippen LogP contribution in [0.2, 0.25) is 0 Å². The predicted molar refractivity (Wildman–Crippen MR) is 80.1 cm³/mol. The van der Waals surface area contributed by atoms with Gasteiger partial charge in [-0.05, 0) is 47.9 Å². The normalized spacial score (nSPS) is 11.2. The molecule has 0 fully saturated rings. The molecule has 0 aliphatic carbocycles. The first-order valence-electron chi connectivity index (χ1n) is 6.71. The van der Waals surface area contributed by atoms with Crippen molar-refractivity contribution >= 4 is 10.9 Å². The first-order valence-corrected chi connectivity index (χ1v) is 6.71. The summed E-state index contributed by atoms with van der Waals surface area (Å²) < 4.78 is 15.3. The molecule has 0 saturated carbocycles. The number of aryl methyl sites for hydroxylation is 1. The molecule has 0 spiro atoms. The summed E-state index contributed by atoms with van der Waals surface area (Å²) in [5.41, 5.74) is 10.2. The third-order valence-electron chi connectivity index (χ3n) is 3.77. The van der Waals surface area contributed by atoms with Crippen molar-refractivity contribution in [3.63, 3.8) is 0 Å². The highest BCUT2D eigenvalue weighted by molar-refractivity contribution is 5.83. The quantitative estimate of drug-likeness (QED) is 0.773. The molecular formula is C17H17FN2. The van der Waals surface area contributed by atoms with Gasteiger partial charge >= 0.3 is 0 Å². The van der Waals surface area contributed by atoms with Gasteiger partial charge < -0.3 is 10.3 Å². The average molecular weight is 268 g/mol. The van der Waals surface area contributed by atoms with Gasteiger partial charge in [0, 0.05) is 30.2 Å². The fourth-order valence-corrected chi connectivity index (χ4v) is 2.62. The van der Waals surface area contributed by atoms with Gasteiger partial charge in [-0.2, -0.15) is 0 Å². The fourth-order valence-electron chi connectivity index (χ4n) is 2.62. The van der Waals surface area contributed by atoms with E-state index in [9.17, 15) is 4.39 Å². The van der Waals surface area contributed by atoms with Gasteiger partial charge in [-0.15, -0.1) is 0 Å². The van der Waals surface area contributed by atoms with E-state index in [-0.39, 0.29) is 5.82 Å². The van der Waals surface area contributed by atoms with Crippen molar-refractivity contribution in [1.82, 2.24) is 4.57 Å². The Kier molecular flexibility index (Phi) is 3.28. The van der Waals surface area contributed by atoms with E-state index in [1.807, 2.05) is 19.1 Å². The SMILES string of the molecule is Cc1cc(F)ccc1Cn1ccc2c(CN)cccc21. The molecule has 1 heterocycles. The lowest BCUT2D eigenvalue weighted by Gasteiger charge is -2.09. The Balaban J connectivity index is 2.03. The van der Waals surface area contributed by atoms with Gasteiger partial charge in [-0.3, -0.25) is 0 Å². The molecule has 2 nitrogen and oxygen atoms in total. The highest BCUT2D eigenvalue weighted by Crippen LogP contribution is 2.22. The third kappa shape index (κ3) is 2.21. The van der Waals surface area contributed by atoms with Gasteiger partial charge in [0.05, 0.1) is 0 Å². The first kappa shape index (κ1) is 12.9. The van der Waals surface area contributed by atoms with Crippen LogP contribution in [0.1, 0.15) is 16.7 Å². The second-order valence-electron chi connectivity index (χ2n) is 5.07. The first-order chi connectivity index (χ1) is 9.69. The maximum absolute atomic E-state index is 13.2. The molecular weight excluding hydrogens is 251 g/mol. The highest BCUT2D eigenvalue weighted by atomic mass is 19.1. The summed E-state index contributed by atoms with van der Waals surface area (Å²) in [5.74, 6) is -0.186. The molecule has 3 heteroatoms. The van der Waals surface area contributed by atoms with Gasteiger partial charge in [0.1, 0.15) is 5.82 Å². The van der Waals surface area contributed by atoms with E-state index in [0.29, 0.717) is 6.54 Å². The van der Waals surface area contributed by atoms with Gasteiger partial charge in [0.15, 0.2) is 0 Å². The van der Waals surface area contributed by atoms with Crippen molar-refractivity contribution in [1.29, 1.82) is 0 Å². The Morgan fingerprint density at radius 2 is 1.95 bits per heavy atom. The highest BCUT2D eigenvalue weighted by Gasteiger charge is 2.06. The lowest BCUT2D eigenvalue weighted by molar-refractivity contribution is 0.625. The van der Waals surface area contributed by atoms with Crippen molar-refractivity contribution in [3.8, 4) is 0 Å². The maximum atomic E-state index is 13.2.